The molecule has 2 aliphatic rings. The number of nitrogens with one attached hydrogen (secondary N) is 1. The lowest BCUT2D eigenvalue weighted by molar-refractivity contribution is -0.114. The second kappa shape index (κ2) is 22.1. The molecule has 0 saturated carbocycles. The molecule has 1 aliphatic carbocycles. The fourth-order valence-corrected chi connectivity index (χ4v) is 5.76. The highest BCUT2D eigenvalue weighted by Crippen LogP contribution is 2.36. The van der Waals surface area contributed by atoms with Crippen LogP contribution in [0.15, 0.2) is 79.6 Å². The van der Waals surface area contributed by atoms with Gasteiger partial charge in [0.05, 0.1) is 5.70 Å². The average molecular weight is 592 g/mol. The van der Waals surface area contributed by atoms with Crippen molar-refractivity contribution < 1.29 is 4.79 Å². The minimum Gasteiger partial charge on any atom is -0.378 e. The highest BCUT2D eigenvalue weighted by molar-refractivity contribution is 7.81. The molecule has 42 heavy (non-hydrogen) atoms. The van der Waals surface area contributed by atoms with Crippen LogP contribution in [0.25, 0.3) is 6.08 Å². The van der Waals surface area contributed by atoms with Gasteiger partial charge < -0.3 is 5.32 Å². The summed E-state index contributed by atoms with van der Waals surface area (Å²) in [5.41, 5.74) is 10.6. The van der Waals surface area contributed by atoms with Gasteiger partial charge in [-0.05, 0) is 107 Å². The highest BCUT2D eigenvalue weighted by atomic mass is 32.1. The highest BCUT2D eigenvalue weighted by Gasteiger charge is 2.27. The molecule has 0 amide bonds. The van der Waals surface area contributed by atoms with Crippen LogP contribution in [0.4, 0.5) is 0 Å². The van der Waals surface area contributed by atoms with Crippen LogP contribution in [0.1, 0.15) is 128 Å². The SMILES string of the molecule is C=C.C=C(C)CCC1=C(C(C)=O)NC(C(C)S)C1.C=CC.C=Cc1cc(CCCCC)cc(C)c1C1C=C(C)CCC1. The van der Waals surface area contributed by atoms with Gasteiger partial charge in [-0.1, -0.05) is 74.8 Å². The summed E-state index contributed by atoms with van der Waals surface area (Å²) in [6.07, 6.45) is 18.1. The van der Waals surface area contributed by atoms with Crippen LogP contribution < -0.4 is 5.32 Å². The summed E-state index contributed by atoms with van der Waals surface area (Å²) < 4.78 is 0. The molecule has 3 rings (SSSR count). The molecule has 1 aliphatic heterocycles. The Bertz CT molecular complexity index is 1070. The summed E-state index contributed by atoms with van der Waals surface area (Å²) in [6, 6.07) is 5.08. The molecule has 1 heterocycles. The summed E-state index contributed by atoms with van der Waals surface area (Å²) in [5, 5.41) is 3.55. The van der Waals surface area contributed by atoms with Crippen LogP contribution in [-0.2, 0) is 11.2 Å². The molecule has 234 valence electrons. The lowest BCUT2D eigenvalue weighted by Gasteiger charge is -2.24. The topological polar surface area (TPSA) is 29.1 Å². The molecule has 0 fully saturated rings. The van der Waals surface area contributed by atoms with Crippen molar-refractivity contribution in [1.29, 1.82) is 0 Å². The monoisotopic (exact) mass is 591 g/mol. The van der Waals surface area contributed by atoms with E-state index in [-0.39, 0.29) is 11.0 Å². The Balaban J connectivity index is 0.000000713. The van der Waals surface area contributed by atoms with E-state index in [2.05, 4.69) is 103 Å². The fraction of sp³-hybridized carbons (Fsp3) is 0.513. The molecule has 1 N–H and O–H groups in total. The molecular weight excluding hydrogens is 531 g/mol. The van der Waals surface area contributed by atoms with E-state index < -0.39 is 0 Å². The first-order chi connectivity index (χ1) is 20.0. The zero-order valence-corrected chi connectivity index (χ0v) is 29.0. The Morgan fingerprint density at radius 1 is 1.14 bits per heavy atom. The van der Waals surface area contributed by atoms with E-state index in [4.69, 9.17) is 0 Å². The zero-order chi connectivity index (χ0) is 32.2. The standard InChI is InChI=1S/C21H30.C13H21NOS.C3H6.C2H4/c1-5-7-8-11-18-14-17(4)21(19(6-2)15-18)20-12-9-10-16(3)13-20;1-8(2)5-6-11-7-12(10(4)16)14-13(11)9(3)15;1-3-2;1-2/h6,13-15,20H,2,5,7-12H2,1,3-4H3;10,12,14,16H,1,5-7H2,2-4H3;3H,1H2,2H3;1-2H2. The molecule has 3 unspecified atom stereocenters. The van der Waals surface area contributed by atoms with Gasteiger partial charge in [-0.2, -0.15) is 12.6 Å². The molecule has 2 nitrogen and oxygen atoms in total. The molecule has 3 atom stereocenters. The van der Waals surface area contributed by atoms with Crippen molar-refractivity contribution in [2.75, 3.05) is 0 Å². The number of ketones is 1. The van der Waals surface area contributed by atoms with Crippen LogP contribution in [-0.4, -0.2) is 17.1 Å². The van der Waals surface area contributed by atoms with Gasteiger partial charge in [0, 0.05) is 24.1 Å². The number of allylic oxidation sites excluding steroid dienone is 5. The molecule has 1 aromatic carbocycles. The number of benzene rings is 1. The quantitative estimate of drug-likeness (QED) is 0.152. The minimum atomic E-state index is 0.133. The maximum atomic E-state index is 11.5. The van der Waals surface area contributed by atoms with E-state index in [1.807, 2.05) is 13.8 Å². The van der Waals surface area contributed by atoms with Crippen LogP contribution in [0.2, 0.25) is 0 Å². The second-order valence-corrected chi connectivity index (χ2v) is 12.5. The largest absolute Gasteiger partial charge is 0.378 e. The van der Waals surface area contributed by atoms with E-state index in [1.54, 1.807) is 18.6 Å². The van der Waals surface area contributed by atoms with E-state index in [0.29, 0.717) is 12.0 Å². The number of unbranched alkanes of at least 4 members (excludes halogenated alkanes) is 2. The minimum absolute atomic E-state index is 0.133. The lowest BCUT2D eigenvalue weighted by atomic mass is 9.81. The van der Waals surface area contributed by atoms with Crippen molar-refractivity contribution in [3.63, 3.8) is 0 Å². The van der Waals surface area contributed by atoms with Crippen molar-refractivity contribution >= 4 is 24.5 Å². The van der Waals surface area contributed by atoms with Gasteiger partial charge in [0.1, 0.15) is 0 Å². The Morgan fingerprint density at radius 2 is 1.79 bits per heavy atom. The number of thiol groups is 1. The normalized spacial score (nSPS) is 18.0. The molecule has 0 spiro atoms. The molecule has 1 aromatic rings. The average Bonchev–Trinajstić information content (AvgIpc) is 3.39. The maximum Gasteiger partial charge on any atom is 0.175 e. The van der Waals surface area contributed by atoms with Gasteiger partial charge in [-0.3, -0.25) is 4.79 Å². The first kappa shape index (κ1) is 39.5. The third kappa shape index (κ3) is 14.1. The predicted molar refractivity (Wildman–Crippen MR) is 194 cm³/mol. The number of carbonyl (C=O) groups excluding carboxylic acids is 1. The Morgan fingerprint density at radius 3 is 2.29 bits per heavy atom. The van der Waals surface area contributed by atoms with Gasteiger partial charge in [0.2, 0.25) is 0 Å². The summed E-state index contributed by atoms with van der Waals surface area (Å²) in [4.78, 5) is 11.5. The van der Waals surface area contributed by atoms with Crippen LogP contribution in [0.5, 0.6) is 0 Å². The second-order valence-electron chi connectivity index (χ2n) is 11.7. The summed E-state index contributed by atoms with van der Waals surface area (Å²) in [7, 11) is 0. The zero-order valence-electron chi connectivity index (χ0n) is 28.1. The van der Waals surface area contributed by atoms with Crippen LogP contribution in [0, 0.1) is 6.92 Å². The molecule has 3 heteroatoms. The van der Waals surface area contributed by atoms with E-state index in [1.165, 1.54) is 72.8 Å². The van der Waals surface area contributed by atoms with Gasteiger partial charge in [-0.25, -0.2) is 0 Å². The first-order valence-corrected chi connectivity index (χ1v) is 16.3. The molecule has 0 radical (unpaired) electrons. The Hall–Kier alpha value is -2.52. The smallest absolute Gasteiger partial charge is 0.175 e. The van der Waals surface area contributed by atoms with E-state index in [0.717, 1.165) is 30.5 Å². The Labute approximate surface area is 265 Å². The number of aryl methyl sites for hydroxylation is 2. The van der Waals surface area contributed by atoms with Gasteiger partial charge in [-0.15, -0.1) is 26.3 Å². The summed E-state index contributed by atoms with van der Waals surface area (Å²) in [5.74, 6) is 0.727. The number of hydrogen-bond donors (Lipinski definition) is 2. The number of carbonyl (C=O) groups is 1. The number of hydrogen-bond acceptors (Lipinski definition) is 3. The molecule has 0 aromatic heterocycles. The predicted octanol–water partition coefficient (Wildman–Crippen LogP) is 11.4. The summed E-state index contributed by atoms with van der Waals surface area (Å²) >= 11 is 4.43. The molecule has 0 bridgehead atoms. The van der Waals surface area contributed by atoms with Crippen molar-refractivity contribution in [1.82, 2.24) is 5.32 Å². The van der Waals surface area contributed by atoms with Crippen molar-refractivity contribution in [3.8, 4) is 0 Å². The fourth-order valence-electron chi connectivity index (χ4n) is 5.58. The molecular formula is C39H61NOS. The van der Waals surface area contributed by atoms with E-state index >= 15 is 0 Å². The third-order valence-electron chi connectivity index (χ3n) is 7.65. The van der Waals surface area contributed by atoms with E-state index in [9.17, 15) is 4.79 Å². The van der Waals surface area contributed by atoms with Crippen LogP contribution >= 0.6 is 12.6 Å². The number of Topliss-reactive ketones (excluding diaryl/α,β-unsaturated/α-hetero) is 1. The van der Waals surface area contributed by atoms with Gasteiger partial charge in [0.25, 0.3) is 0 Å². The lowest BCUT2D eigenvalue weighted by Crippen LogP contribution is -2.31. The maximum absolute atomic E-state index is 11.5. The third-order valence-corrected chi connectivity index (χ3v) is 8.01. The van der Waals surface area contributed by atoms with Crippen molar-refractivity contribution in [2.45, 2.75) is 130 Å². The van der Waals surface area contributed by atoms with Crippen molar-refractivity contribution in [3.05, 3.63) is 102 Å². The summed E-state index contributed by atoms with van der Waals surface area (Å²) in [6.45, 7) is 31.7. The van der Waals surface area contributed by atoms with Gasteiger partial charge in [0.15, 0.2) is 5.78 Å². The van der Waals surface area contributed by atoms with Gasteiger partial charge >= 0.3 is 0 Å². The number of rotatable bonds is 11. The first-order valence-electron chi connectivity index (χ1n) is 15.8. The van der Waals surface area contributed by atoms with Crippen LogP contribution in [0.3, 0.4) is 0 Å². The molecule has 0 saturated heterocycles. The van der Waals surface area contributed by atoms with Crippen molar-refractivity contribution in [2.24, 2.45) is 0 Å². The Kier molecular flexibility index (Phi) is 20.8.